The van der Waals surface area contributed by atoms with E-state index in [-0.39, 0.29) is 0 Å². The van der Waals surface area contributed by atoms with Gasteiger partial charge in [0.05, 0.1) is 38.8 Å². The number of fused-ring (bicyclic) bond motifs is 3. The summed E-state index contributed by atoms with van der Waals surface area (Å²) in [4.78, 5) is 4.54. The van der Waals surface area contributed by atoms with E-state index in [1.54, 1.807) is 39.8 Å². The summed E-state index contributed by atoms with van der Waals surface area (Å²) in [7, 11) is 6.74. The molecule has 0 fully saturated rings. The molecule has 0 aliphatic heterocycles. The molecule has 0 amide bonds. The highest BCUT2D eigenvalue weighted by Crippen LogP contribution is 2.47. The predicted molar refractivity (Wildman–Crippen MR) is 195 cm³/mol. The van der Waals surface area contributed by atoms with Crippen LogP contribution in [0.15, 0.2) is 133 Å². The molecule has 0 radical (unpaired) electrons. The molecule has 1 aromatic heterocycles. The fraction of sp³-hybridized carbons (Fsp3) is 0.100. The number of hydrogen-bond donors (Lipinski definition) is 0. The van der Waals surface area contributed by atoms with Crippen LogP contribution in [0.1, 0.15) is 0 Å². The van der Waals surface area contributed by atoms with Crippen LogP contribution in [0.3, 0.4) is 0 Å². The predicted octanol–water partition coefficient (Wildman–Crippen LogP) is 11.0. The largest absolute Gasteiger partial charge is 0.497 e. The van der Waals surface area contributed by atoms with Crippen molar-refractivity contribution >= 4 is 65.6 Å². The number of methoxy groups -OCH3 is 4. The minimum Gasteiger partial charge on any atom is -0.497 e. The van der Waals surface area contributed by atoms with Crippen molar-refractivity contribution in [1.82, 2.24) is 0 Å². The van der Waals surface area contributed by atoms with Crippen LogP contribution in [0, 0.1) is 0 Å². The highest BCUT2D eigenvalue weighted by Gasteiger charge is 2.20. The molecule has 0 N–H and O–H groups in total. The Labute approximate surface area is 278 Å². The van der Waals surface area contributed by atoms with Crippen LogP contribution in [0.25, 0.3) is 20.2 Å². The van der Waals surface area contributed by atoms with Crippen molar-refractivity contribution in [1.29, 1.82) is 0 Å². The maximum absolute atomic E-state index is 5.47. The van der Waals surface area contributed by atoms with Gasteiger partial charge in [0.1, 0.15) is 23.0 Å². The van der Waals surface area contributed by atoms with E-state index in [0.29, 0.717) is 0 Å². The minimum absolute atomic E-state index is 0.814. The fourth-order valence-corrected chi connectivity index (χ4v) is 7.13. The van der Waals surface area contributed by atoms with Crippen LogP contribution < -0.4 is 28.7 Å². The number of benzene rings is 6. The second kappa shape index (κ2) is 13.0. The first-order valence-electron chi connectivity index (χ1n) is 15.2. The highest BCUT2D eigenvalue weighted by molar-refractivity contribution is 7.26. The van der Waals surface area contributed by atoms with Gasteiger partial charge in [-0.2, -0.15) is 0 Å². The van der Waals surface area contributed by atoms with E-state index in [4.69, 9.17) is 18.9 Å². The first kappa shape index (κ1) is 30.0. The molecule has 0 saturated heterocycles. The molecule has 0 bridgehead atoms. The van der Waals surface area contributed by atoms with Gasteiger partial charge in [0.2, 0.25) is 0 Å². The van der Waals surface area contributed by atoms with E-state index < -0.39 is 0 Å². The van der Waals surface area contributed by atoms with Crippen LogP contribution in [0.2, 0.25) is 0 Å². The molecule has 0 unspecified atom stereocenters. The lowest BCUT2D eigenvalue weighted by atomic mass is 10.1. The minimum atomic E-state index is 0.814. The standard InChI is InChI=1S/C40H34N2O4S/c1-43-32-17-8-27(9-18-32)41(28-10-19-33(44-2)20-11-28)31-16-25-36-37-6-5-7-38(40(37)47-39(36)26-31)42(29-12-21-34(45-3)22-13-29)30-14-23-35(46-4)24-15-30/h5-26H,1-4H3. The summed E-state index contributed by atoms with van der Waals surface area (Å²) in [5.74, 6) is 3.26. The lowest BCUT2D eigenvalue weighted by Gasteiger charge is -2.26. The zero-order valence-electron chi connectivity index (χ0n) is 26.6. The quantitative estimate of drug-likeness (QED) is 0.149. The number of thiophene rings is 1. The molecule has 234 valence electrons. The zero-order chi connectivity index (χ0) is 32.3. The fourth-order valence-electron chi connectivity index (χ4n) is 5.89. The second-order valence-corrected chi connectivity index (χ2v) is 12.0. The Morgan fingerprint density at radius 2 is 0.809 bits per heavy atom. The van der Waals surface area contributed by atoms with Crippen LogP contribution in [0.5, 0.6) is 23.0 Å². The molecule has 0 spiro atoms. The molecule has 47 heavy (non-hydrogen) atoms. The lowest BCUT2D eigenvalue weighted by molar-refractivity contribution is 0.414. The Bertz CT molecular complexity index is 2030. The van der Waals surface area contributed by atoms with Crippen molar-refractivity contribution in [2.75, 3.05) is 38.2 Å². The van der Waals surface area contributed by atoms with E-state index in [9.17, 15) is 0 Å². The highest BCUT2D eigenvalue weighted by atomic mass is 32.1. The van der Waals surface area contributed by atoms with Gasteiger partial charge in [-0.25, -0.2) is 0 Å². The lowest BCUT2D eigenvalue weighted by Crippen LogP contribution is -2.10. The van der Waals surface area contributed by atoms with Crippen molar-refractivity contribution in [3.05, 3.63) is 133 Å². The van der Waals surface area contributed by atoms with E-state index in [1.807, 2.05) is 48.5 Å². The molecule has 1 heterocycles. The number of nitrogens with zero attached hydrogens (tertiary/aromatic N) is 2. The van der Waals surface area contributed by atoms with E-state index in [2.05, 4.69) is 94.7 Å². The number of rotatable bonds is 10. The van der Waals surface area contributed by atoms with Gasteiger partial charge in [0, 0.05) is 43.9 Å². The zero-order valence-corrected chi connectivity index (χ0v) is 27.5. The van der Waals surface area contributed by atoms with E-state index in [1.165, 1.54) is 20.2 Å². The molecule has 0 aliphatic carbocycles. The summed E-state index contributed by atoms with van der Waals surface area (Å²) in [6, 6.07) is 45.9. The van der Waals surface area contributed by atoms with E-state index >= 15 is 0 Å². The first-order chi connectivity index (χ1) is 23.1. The first-order valence-corrected chi connectivity index (χ1v) is 16.0. The van der Waals surface area contributed by atoms with Crippen LogP contribution >= 0.6 is 11.3 Å². The van der Waals surface area contributed by atoms with Gasteiger partial charge in [-0.15, -0.1) is 11.3 Å². The Morgan fingerprint density at radius 1 is 0.404 bits per heavy atom. The molecule has 0 atom stereocenters. The Kier molecular flexibility index (Phi) is 8.29. The topological polar surface area (TPSA) is 43.4 Å². The van der Waals surface area contributed by atoms with Gasteiger partial charge in [-0.05, 0) is 115 Å². The molecule has 7 rings (SSSR count). The summed E-state index contributed by atoms with van der Waals surface area (Å²) < 4.78 is 24.2. The normalized spacial score (nSPS) is 11.0. The molecule has 7 heteroatoms. The maximum atomic E-state index is 5.47. The average molecular weight is 639 g/mol. The summed E-state index contributed by atoms with van der Waals surface area (Å²) in [6.07, 6.45) is 0. The molecule has 6 nitrogen and oxygen atoms in total. The van der Waals surface area contributed by atoms with Gasteiger partial charge < -0.3 is 28.7 Å². The van der Waals surface area contributed by atoms with Crippen molar-refractivity contribution in [3.63, 3.8) is 0 Å². The third kappa shape index (κ3) is 5.77. The van der Waals surface area contributed by atoms with Crippen molar-refractivity contribution in [2.45, 2.75) is 0 Å². The van der Waals surface area contributed by atoms with Gasteiger partial charge in [-0.3, -0.25) is 0 Å². The van der Waals surface area contributed by atoms with Gasteiger partial charge in [-0.1, -0.05) is 18.2 Å². The molecule has 6 aromatic carbocycles. The smallest absolute Gasteiger partial charge is 0.119 e. The monoisotopic (exact) mass is 638 g/mol. The SMILES string of the molecule is COc1ccc(N(c2ccc(OC)cc2)c2ccc3c(c2)sc2c(N(c4ccc(OC)cc4)c4ccc(OC)cc4)cccc23)cc1. The van der Waals surface area contributed by atoms with Gasteiger partial charge in [0.15, 0.2) is 0 Å². The maximum Gasteiger partial charge on any atom is 0.119 e. The van der Waals surface area contributed by atoms with Crippen molar-refractivity contribution in [3.8, 4) is 23.0 Å². The summed E-state index contributed by atoms with van der Waals surface area (Å²) in [5.41, 5.74) is 6.29. The van der Waals surface area contributed by atoms with Gasteiger partial charge >= 0.3 is 0 Å². The average Bonchev–Trinajstić information content (AvgIpc) is 3.52. The van der Waals surface area contributed by atoms with Crippen LogP contribution in [0.4, 0.5) is 34.1 Å². The second-order valence-electron chi connectivity index (χ2n) is 10.9. The van der Waals surface area contributed by atoms with Crippen molar-refractivity contribution in [2.24, 2.45) is 0 Å². The Morgan fingerprint density at radius 3 is 1.23 bits per heavy atom. The Hall–Kier alpha value is -5.66. The van der Waals surface area contributed by atoms with E-state index in [0.717, 1.165) is 57.1 Å². The van der Waals surface area contributed by atoms with Crippen LogP contribution in [-0.4, -0.2) is 28.4 Å². The summed E-state index contributed by atoms with van der Waals surface area (Å²) >= 11 is 1.80. The number of hydrogen-bond acceptors (Lipinski definition) is 7. The summed E-state index contributed by atoms with van der Waals surface area (Å²) in [6.45, 7) is 0. The number of anilines is 6. The molecular formula is C40H34N2O4S. The molecule has 7 aromatic rings. The van der Waals surface area contributed by atoms with Crippen molar-refractivity contribution < 1.29 is 18.9 Å². The molecular weight excluding hydrogens is 605 g/mol. The molecule has 0 saturated carbocycles. The van der Waals surface area contributed by atoms with Gasteiger partial charge in [0.25, 0.3) is 0 Å². The third-order valence-corrected chi connectivity index (χ3v) is 9.47. The number of ether oxygens (including phenoxy) is 4. The summed E-state index contributed by atoms with van der Waals surface area (Å²) in [5, 5.41) is 2.42. The third-order valence-electron chi connectivity index (χ3n) is 8.28. The van der Waals surface area contributed by atoms with Crippen LogP contribution in [-0.2, 0) is 0 Å². The Balaban J connectivity index is 1.38. The molecule has 0 aliphatic rings.